The molecule has 0 atom stereocenters. The van der Waals surface area contributed by atoms with Crippen molar-refractivity contribution in [2.75, 3.05) is 4.72 Å². The summed E-state index contributed by atoms with van der Waals surface area (Å²) in [4.78, 5) is 4.37. The Hall–Kier alpha value is -1.52. The molecule has 2 heterocycles. The minimum Gasteiger partial charge on any atom is -0.324 e. The van der Waals surface area contributed by atoms with E-state index in [9.17, 15) is 0 Å². The maximum Gasteiger partial charge on any atom is 0.119 e. The monoisotopic (exact) mass is 257 g/mol. The number of hydrogen-bond acceptors (Lipinski definition) is 4. The number of anilines is 1. The lowest BCUT2D eigenvalue weighted by Gasteiger charge is -2.10. The van der Waals surface area contributed by atoms with Crippen LogP contribution in [0.1, 0.15) is 16.7 Å². The Kier molecular flexibility index (Phi) is 3.21. The van der Waals surface area contributed by atoms with E-state index in [1.54, 1.807) is 11.9 Å². The molecule has 0 aliphatic carbocycles. The van der Waals surface area contributed by atoms with Gasteiger partial charge in [-0.1, -0.05) is 18.2 Å². The molecular weight excluding hydrogens is 242 g/mol. The van der Waals surface area contributed by atoms with Crippen LogP contribution < -0.4 is 10.0 Å². The summed E-state index contributed by atoms with van der Waals surface area (Å²) in [7, 11) is 0. The zero-order valence-electron chi connectivity index (χ0n) is 10.2. The molecule has 1 aliphatic rings. The van der Waals surface area contributed by atoms with E-state index >= 15 is 0 Å². The molecule has 0 fully saturated rings. The lowest BCUT2D eigenvalue weighted by molar-refractivity contribution is 0.765. The van der Waals surface area contributed by atoms with Crippen LogP contribution in [0, 0.1) is 6.92 Å². The Labute approximate surface area is 111 Å². The van der Waals surface area contributed by atoms with Gasteiger partial charge in [-0.2, -0.15) is 0 Å². The summed E-state index contributed by atoms with van der Waals surface area (Å²) >= 11 is 1.58. The summed E-state index contributed by atoms with van der Waals surface area (Å²) in [5.41, 5.74) is 5.14. The standard InChI is InChI=1S/C14H15N3S/c1-10-4-3-7-16-14(10)18-17-13-6-2-5-11-8-15-9-12(11)13/h2-7,15,17H,8-9H2,1H3. The second-order valence-electron chi connectivity index (χ2n) is 4.38. The van der Waals surface area contributed by atoms with Crippen molar-refractivity contribution in [1.82, 2.24) is 10.3 Å². The highest BCUT2D eigenvalue weighted by Gasteiger charge is 2.13. The second kappa shape index (κ2) is 5.00. The largest absolute Gasteiger partial charge is 0.324 e. The quantitative estimate of drug-likeness (QED) is 0.828. The normalized spacial score (nSPS) is 13.4. The molecule has 3 nitrogen and oxygen atoms in total. The SMILES string of the molecule is Cc1cccnc1SNc1cccc2c1CNC2. The number of pyridine rings is 1. The molecule has 2 N–H and O–H groups in total. The van der Waals surface area contributed by atoms with E-state index in [0.717, 1.165) is 18.1 Å². The van der Waals surface area contributed by atoms with E-state index in [0.29, 0.717) is 0 Å². The van der Waals surface area contributed by atoms with Crippen LogP contribution in [0.2, 0.25) is 0 Å². The van der Waals surface area contributed by atoms with Crippen molar-refractivity contribution in [1.29, 1.82) is 0 Å². The van der Waals surface area contributed by atoms with Crippen LogP contribution in [0.4, 0.5) is 5.69 Å². The Bertz CT molecular complexity index is 569. The molecule has 1 aromatic carbocycles. The predicted molar refractivity (Wildman–Crippen MR) is 75.4 cm³/mol. The van der Waals surface area contributed by atoms with Crippen LogP contribution in [0.3, 0.4) is 0 Å². The topological polar surface area (TPSA) is 37.0 Å². The highest BCUT2D eigenvalue weighted by Crippen LogP contribution is 2.28. The van der Waals surface area contributed by atoms with E-state index in [1.165, 1.54) is 22.4 Å². The van der Waals surface area contributed by atoms with E-state index in [2.05, 4.69) is 46.2 Å². The lowest BCUT2D eigenvalue weighted by Crippen LogP contribution is -2.01. The van der Waals surface area contributed by atoms with Crippen LogP contribution in [-0.4, -0.2) is 4.98 Å². The van der Waals surface area contributed by atoms with Gasteiger partial charge in [0.15, 0.2) is 0 Å². The molecule has 0 unspecified atom stereocenters. The molecular formula is C14H15N3S. The van der Waals surface area contributed by atoms with Gasteiger partial charge in [0, 0.05) is 36.9 Å². The highest BCUT2D eigenvalue weighted by atomic mass is 32.2. The van der Waals surface area contributed by atoms with Crippen molar-refractivity contribution in [3.05, 3.63) is 53.2 Å². The molecule has 0 bridgehead atoms. The molecule has 1 aromatic heterocycles. The molecule has 0 amide bonds. The maximum atomic E-state index is 4.37. The van der Waals surface area contributed by atoms with Crippen molar-refractivity contribution in [3.8, 4) is 0 Å². The molecule has 3 rings (SSSR count). The molecule has 0 radical (unpaired) electrons. The fourth-order valence-corrected chi connectivity index (χ4v) is 2.85. The summed E-state index contributed by atoms with van der Waals surface area (Å²) < 4.78 is 3.42. The first-order chi connectivity index (χ1) is 8.84. The van der Waals surface area contributed by atoms with Gasteiger partial charge < -0.3 is 10.0 Å². The third-order valence-corrected chi connectivity index (χ3v) is 4.05. The lowest BCUT2D eigenvalue weighted by atomic mass is 10.1. The van der Waals surface area contributed by atoms with Gasteiger partial charge in [0.1, 0.15) is 5.03 Å². The number of benzene rings is 1. The smallest absolute Gasteiger partial charge is 0.119 e. The Morgan fingerprint density at radius 3 is 3.06 bits per heavy atom. The van der Waals surface area contributed by atoms with Crippen LogP contribution in [0.25, 0.3) is 0 Å². The maximum absolute atomic E-state index is 4.37. The van der Waals surface area contributed by atoms with Gasteiger partial charge in [0.25, 0.3) is 0 Å². The Morgan fingerprint density at radius 1 is 1.22 bits per heavy atom. The van der Waals surface area contributed by atoms with Gasteiger partial charge in [0.2, 0.25) is 0 Å². The summed E-state index contributed by atoms with van der Waals surface area (Å²) in [6, 6.07) is 10.4. The fourth-order valence-electron chi connectivity index (χ4n) is 2.11. The Morgan fingerprint density at radius 2 is 2.17 bits per heavy atom. The first-order valence-corrected chi connectivity index (χ1v) is 6.82. The third kappa shape index (κ3) is 2.21. The number of aromatic nitrogens is 1. The number of nitrogens with zero attached hydrogens (tertiary/aromatic N) is 1. The van der Waals surface area contributed by atoms with Crippen LogP contribution in [0.15, 0.2) is 41.6 Å². The van der Waals surface area contributed by atoms with Gasteiger partial charge in [-0.15, -0.1) is 0 Å². The van der Waals surface area contributed by atoms with E-state index in [4.69, 9.17) is 0 Å². The molecule has 2 aromatic rings. The molecule has 1 aliphatic heterocycles. The van der Waals surface area contributed by atoms with Gasteiger partial charge in [0.05, 0.1) is 0 Å². The van der Waals surface area contributed by atoms with E-state index in [-0.39, 0.29) is 0 Å². The minimum absolute atomic E-state index is 0.945. The van der Waals surface area contributed by atoms with Crippen molar-refractivity contribution in [2.24, 2.45) is 0 Å². The van der Waals surface area contributed by atoms with Crippen LogP contribution >= 0.6 is 11.9 Å². The summed E-state index contributed by atoms with van der Waals surface area (Å²) in [5.74, 6) is 0. The number of aryl methyl sites for hydroxylation is 1. The minimum atomic E-state index is 0.945. The molecule has 18 heavy (non-hydrogen) atoms. The average Bonchev–Trinajstić information content (AvgIpc) is 2.86. The van der Waals surface area contributed by atoms with Gasteiger partial charge >= 0.3 is 0 Å². The van der Waals surface area contributed by atoms with Crippen molar-refractivity contribution in [3.63, 3.8) is 0 Å². The zero-order valence-corrected chi connectivity index (χ0v) is 11.1. The summed E-state index contributed by atoms with van der Waals surface area (Å²) in [5, 5.41) is 4.40. The molecule has 0 saturated heterocycles. The summed E-state index contributed by atoms with van der Waals surface area (Å²) in [6.07, 6.45) is 1.83. The first-order valence-electron chi connectivity index (χ1n) is 6.00. The number of nitrogens with one attached hydrogen (secondary N) is 2. The third-order valence-electron chi connectivity index (χ3n) is 3.11. The van der Waals surface area contributed by atoms with Crippen LogP contribution in [0.5, 0.6) is 0 Å². The summed E-state index contributed by atoms with van der Waals surface area (Å²) in [6.45, 7) is 3.99. The van der Waals surface area contributed by atoms with Gasteiger partial charge in [-0.3, -0.25) is 0 Å². The molecule has 0 saturated carbocycles. The van der Waals surface area contributed by atoms with Crippen molar-refractivity contribution < 1.29 is 0 Å². The van der Waals surface area contributed by atoms with Crippen molar-refractivity contribution in [2.45, 2.75) is 25.0 Å². The highest BCUT2D eigenvalue weighted by molar-refractivity contribution is 8.00. The number of fused-ring (bicyclic) bond motifs is 1. The van der Waals surface area contributed by atoms with Gasteiger partial charge in [-0.05, 0) is 35.7 Å². The number of hydrogen-bond donors (Lipinski definition) is 2. The van der Waals surface area contributed by atoms with E-state index in [1.807, 2.05) is 12.3 Å². The fraction of sp³-hybridized carbons (Fsp3) is 0.214. The molecule has 92 valence electrons. The average molecular weight is 257 g/mol. The van der Waals surface area contributed by atoms with Crippen molar-refractivity contribution >= 4 is 17.6 Å². The zero-order chi connectivity index (χ0) is 12.4. The first kappa shape index (κ1) is 11.6. The van der Waals surface area contributed by atoms with Crippen LogP contribution in [-0.2, 0) is 13.1 Å². The Balaban J connectivity index is 1.78. The molecule has 0 spiro atoms. The molecule has 4 heteroatoms. The number of rotatable bonds is 3. The van der Waals surface area contributed by atoms with Gasteiger partial charge in [-0.25, -0.2) is 4.98 Å². The van der Waals surface area contributed by atoms with E-state index < -0.39 is 0 Å². The predicted octanol–water partition coefficient (Wildman–Crippen LogP) is 3.11. The second-order valence-corrected chi connectivity index (χ2v) is 5.17.